The van der Waals surface area contributed by atoms with E-state index in [2.05, 4.69) is 28.0 Å². The molecule has 110 valence electrons. The summed E-state index contributed by atoms with van der Waals surface area (Å²) in [7, 11) is 0. The second-order valence-corrected chi connectivity index (χ2v) is 6.81. The molecule has 20 heavy (non-hydrogen) atoms. The molecule has 0 bridgehead atoms. The van der Waals surface area contributed by atoms with Crippen molar-refractivity contribution in [2.24, 2.45) is 5.92 Å². The summed E-state index contributed by atoms with van der Waals surface area (Å²) in [5.74, 6) is 0.802. The zero-order valence-electron chi connectivity index (χ0n) is 12.3. The molecule has 2 aliphatic heterocycles. The average molecular weight is 275 g/mol. The molecule has 1 aromatic rings. The fourth-order valence-electron chi connectivity index (χ4n) is 4.01. The molecule has 2 saturated heterocycles. The summed E-state index contributed by atoms with van der Waals surface area (Å²) in [6.07, 6.45) is 12.2. The van der Waals surface area contributed by atoms with Gasteiger partial charge in [-0.05, 0) is 51.4 Å². The van der Waals surface area contributed by atoms with Gasteiger partial charge in [-0.1, -0.05) is 0 Å². The van der Waals surface area contributed by atoms with E-state index in [1.807, 2.05) is 6.33 Å². The maximum atomic E-state index is 6.01. The quantitative estimate of drug-likeness (QED) is 0.922. The fourth-order valence-corrected chi connectivity index (χ4v) is 4.01. The predicted molar refractivity (Wildman–Crippen MR) is 77.5 cm³/mol. The lowest BCUT2D eigenvalue weighted by atomic mass is 9.97. The molecule has 4 heteroatoms. The Balaban J connectivity index is 1.57. The van der Waals surface area contributed by atoms with E-state index in [4.69, 9.17) is 4.74 Å². The molecule has 4 rings (SSSR count). The van der Waals surface area contributed by atoms with E-state index in [1.165, 1.54) is 37.8 Å². The molecule has 1 saturated carbocycles. The van der Waals surface area contributed by atoms with Crippen molar-refractivity contribution in [2.45, 2.75) is 69.7 Å². The molecule has 4 nitrogen and oxygen atoms in total. The van der Waals surface area contributed by atoms with Crippen LogP contribution in [0.5, 0.6) is 0 Å². The number of hydrogen-bond donors (Lipinski definition) is 1. The standard InChI is InChI=1S/C16H25N3O/c1-11-3-2-4-13(18-11)15-9-17-10-19(15)14-7-8-20-16(14)12-5-6-12/h9-14,16,18H,2-8H2,1H3. The number of rotatable bonds is 3. The topological polar surface area (TPSA) is 39.1 Å². The van der Waals surface area contributed by atoms with Gasteiger partial charge in [-0.2, -0.15) is 0 Å². The van der Waals surface area contributed by atoms with Crippen LogP contribution in [0.15, 0.2) is 12.5 Å². The van der Waals surface area contributed by atoms with Crippen molar-refractivity contribution in [1.29, 1.82) is 0 Å². The second kappa shape index (κ2) is 5.15. The lowest BCUT2D eigenvalue weighted by Crippen LogP contribution is -2.36. The highest BCUT2D eigenvalue weighted by molar-refractivity contribution is 5.10. The van der Waals surface area contributed by atoms with Crippen molar-refractivity contribution >= 4 is 0 Å². The number of imidazole rings is 1. The van der Waals surface area contributed by atoms with E-state index >= 15 is 0 Å². The van der Waals surface area contributed by atoms with Gasteiger partial charge in [0.15, 0.2) is 0 Å². The molecular formula is C16H25N3O. The van der Waals surface area contributed by atoms with Crippen molar-refractivity contribution in [1.82, 2.24) is 14.9 Å². The van der Waals surface area contributed by atoms with Crippen LogP contribution < -0.4 is 5.32 Å². The Hall–Kier alpha value is -0.870. The lowest BCUT2D eigenvalue weighted by molar-refractivity contribution is 0.0740. The van der Waals surface area contributed by atoms with Gasteiger partial charge >= 0.3 is 0 Å². The van der Waals surface area contributed by atoms with Crippen LogP contribution >= 0.6 is 0 Å². The third-order valence-corrected chi connectivity index (χ3v) is 5.22. The monoisotopic (exact) mass is 275 g/mol. The Morgan fingerprint density at radius 3 is 2.95 bits per heavy atom. The summed E-state index contributed by atoms with van der Waals surface area (Å²) in [4.78, 5) is 4.45. The van der Waals surface area contributed by atoms with E-state index in [9.17, 15) is 0 Å². The minimum atomic E-state index is 0.434. The Morgan fingerprint density at radius 1 is 1.25 bits per heavy atom. The molecule has 0 spiro atoms. The molecule has 1 aliphatic carbocycles. The SMILES string of the molecule is CC1CCCC(c2cncn2C2CCOC2C2CC2)N1. The summed E-state index contributed by atoms with van der Waals surface area (Å²) in [6, 6.07) is 1.61. The number of piperidine rings is 1. The van der Waals surface area contributed by atoms with Gasteiger partial charge in [0, 0.05) is 24.9 Å². The molecule has 0 aromatic carbocycles. The summed E-state index contributed by atoms with van der Waals surface area (Å²) in [5, 5.41) is 3.74. The summed E-state index contributed by atoms with van der Waals surface area (Å²) < 4.78 is 8.43. The van der Waals surface area contributed by atoms with Crippen LogP contribution in [0.25, 0.3) is 0 Å². The van der Waals surface area contributed by atoms with Gasteiger partial charge in [0.1, 0.15) is 0 Å². The van der Waals surface area contributed by atoms with E-state index in [0.29, 0.717) is 24.2 Å². The molecule has 0 radical (unpaired) electrons. The molecule has 4 unspecified atom stereocenters. The van der Waals surface area contributed by atoms with Crippen LogP contribution in [-0.2, 0) is 4.74 Å². The molecule has 3 heterocycles. The van der Waals surface area contributed by atoms with Gasteiger partial charge in [0.25, 0.3) is 0 Å². The highest BCUT2D eigenvalue weighted by Crippen LogP contribution is 2.44. The molecular weight excluding hydrogens is 250 g/mol. The van der Waals surface area contributed by atoms with Crippen LogP contribution in [-0.4, -0.2) is 28.3 Å². The van der Waals surface area contributed by atoms with Crippen LogP contribution in [0.1, 0.15) is 63.2 Å². The first-order valence-electron chi connectivity index (χ1n) is 8.22. The minimum Gasteiger partial charge on any atom is -0.376 e. The Morgan fingerprint density at radius 2 is 2.15 bits per heavy atom. The highest BCUT2D eigenvalue weighted by Gasteiger charge is 2.42. The predicted octanol–water partition coefficient (Wildman–Crippen LogP) is 2.83. The molecule has 4 atom stereocenters. The zero-order chi connectivity index (χ0) is 13.5. The Kier molecular flexibility index (Phi) is 3.31. The second-order valence-electron chi connectivity index (χ2n) is 6.81. The zero-order valence-corrected chi connectivity index (χ0v) is 12.3. The average Bonchev–Trinajstić information content (AvgIpc) is 3.01. The Labute approximate surface area is 120 Å². The van der Waals surface area contributed by atoms with Gasteiger partial charge in [0.2, 0.25) is 0 Å². The third-order valence-electron chi connectivity index (χ3n) is 5.22. The van der Waals surface area contributed by atoms with E-state index in [1.54, 1.807) is 0 Å². The summed E-state index contributed by atoms with van der Waals surface area (Å²) in [5.41, 5.74) is 1.37. The maximum Gasteiger partial charge on any atom is 0.0952 e. The molecule has 1 N–H and O–H groups in total. The maximum absolute atomic E-state index is 6.01. The normalized spacial score (nSPS) is 38.2. The number of aromatic nitrogens is 2. The highest BCUT2D eigenvalue weighted by atomic mass is 16.5. The number of hydrogen-bond acceptors (Lipinski definition) is 3. The van der Waals surface area contributed by atoms with Crippen molar-refractivity contribution in [3.05, 3.63) is 18.2 Å². The number of ether oxygens (including phenoxy) is 1. The molecule has 3 aliphatic rings. The summed E-state index contributed by atoms with van der Waals surface area (Å²) in [6.45, 7) is 3.20. The van der Waals surface area contributed by atoms with E-state index in [-0.39, 0.29) is 0 Å². The van der Waals surface area contributed by atoms with Gasteiger partial charge in [-0.25, -0.2) is 4.98 Å². The van der Waals surface area contributed by atoms with Crippen molar-refractivity contribution in [3.63, 3.8) is 0 Å². The first-order chi connectivity index (χ1) is 9.83. The van der Waals surface area contributed by atoms with Crippen LogP contribution in [0.2, 0.25) is 0 Å². The van der Waals surface area contributed by atoms with E-state index < -0.39 is 0 Å². The summed E-state index contributed by atoms with van der Waals surface area (Å²) >= 11 is 0. The van der Waals surface area contributed by atoms with Crippen LogP contribution in [0.3, 0.4) is 0 Å². The lowest BCUT2D eigenvalue weighted by Gasteiger charge is -2.31. The van der Waals surface area contributed by atoms with Crippen molar-refractivity contribution < 1.29 is 4.74 Å². The van der Waals surface area contributed by atoms with Crippen LogP contribution in [0, 0.1) is 5.92 Å². The molecule has 0 amide bonds. The Bertz CT molecular complexity index is 468. The van der Waals surface area contributed by atoms with Gasteiger partial charge in [0.05, 0.1) is 24.2 Å². The largest absolute Gasteiger partial charge is 0.376 e. The van der Waals surface area contributed by atoms with Crippen LogP contribution in [0.4, 0.5) is 0 Å². The number of nitrogens with one attached hydrogen (secondary N) is 1. The van der Waals surface area contributed by atoms with Gasteiger partial charge in [-0.3, -0.25) is 0 Å². The van der Waals surface area contributed by atoms with Crippen molar-refractivity contribution in [3.8, 4) is 0 Å². The number of nitrogens with zero attached hydrogens (tertiary/aromatic N) is 2. The van der Waals surface area contributed by atoms with Crippen molar-refractivity contribution in [2.75, 3.05) is 6.61 Å². The molecule has 3 fully saturated rings. The molecule has 1 aromatic heterocycles. The third kappa shape index (κ3) is 2.29. The smallest absolute Gasteiger partial charge is 0.0952 e. The van der Waals surface area contributed by atoms with E-state index in [0.717, 1.165) is 18.9 Å². The van der Waals surface area contributed by atoms with Gasteiger partial charge < -0.3 is 14.6 Å². The first-order valence-corrected chi connectivity index (χ1v) is 8.22. The minimum absolute atomic E-state index is 0.434. The first kappa shape index (κ1) is 12.8. The van der Waals surface area contributed by atoms with Gasteiger partial charge in [-0.15, -0.1) is 0 Å². The fraction of sp³-hybridized carbons (Fsp3) is 0.812.